The molecule has 0 aliphatic carbocycles. The summed E-state index contributed by atoms with van der Waals surface area (Å²) in [7, 11) is 0. The maximum absolute atomic E-state index is 12.2. The summed E-state index contributed by atoms with van der Waals surface area (Å²) in [6.07, 6.45) is 4.34. The monoisotopic (exact) mass is 339 g/mol. The summed E-state index contributed by atoms with van der Waals surface area (Å²) in [5.41, 5.74) is 0. The van der Waals surface area contributed by atoms with Crippen LogP contribution in [-0.2, 0) is 14.3 Å². The van der Waals surface area contributed by atoms with Crippen LogP contribution in [0.1, 0.15) is 40.0 Å². The minimum Gasteiger partial charge on any atom is -0.379 e. The average Bonchev–Trinajstić information content (AvgIpc) is 2.58. The molecule has 1 rings (SSSR count). The number of carbonyl (C=O) groups excluding carboxylic acids is 2. The van der Waals surface area contributed by atoms with Crippen molar-refractivity contribution in [3.63, 3.8) is 0 Å². The fourth-order valence-corrected chi connectivity index (χ4v) is 2.78. The number of nitrogens with zero attached hydrogens (tertiary/aromatic N) is 1. The van der Waals surface area contributed by atoms with E-state index in [-0.39, 0.29) is 29.9 Å². The first-order chi connectivity index (χ1) is 11.5. The molecule has 0 aromatic rings. The van der Waals surface area contributed by atoms with Crippen LogP contribution in [0.3, 0.4) is 0 Å². The van der Waals surface area contributed by atoms with Gasteiger partial charge in [0.25, 0.3) is 0 Å². The largest absolute Gasteiger partial charge is 0.379 e. The van der Waals surface area contributed by atoms with Crippen molar-refractivity contribution in [2.45, 2.75) is 52.2 Å². The van der Waals surface area contributed by atoms with Gasteiger partial charge in [0.2, 0.25) is 11.8 Å². The van der Waals surface area contributed by atoms with Crippen LogP contribution in [0, 0.1) is 5.92 Å². The van der Waals surface area contributed by atoms with Crippen LogP contribution in [0.4, 0.5) is 0 Å². The Bertz CT molecular complexity index is 404. The van der Waals surface area contributed by atoms with Gasteiger partial charge in [-0.05, 0) is 53.1 Å². The van der Waals surface area contributed by atoms with E-state index in [0.717, 1.165) is 32.4 Å². The molecule has 0 saturated carbocycles. The van der Waals surface area contributed by atoms with Crippen LogP contribution in [0.2, 0.25) is 0 Å². The molecule has 0 aromatic heterocycles. The van der Waals surface area contributed by atoms with Crippen LogP contribution in [-0.4, -0.2) is 61.6 Å². The van der Waals surface area contributed by atoms with Crippen molar-refractivity contribution >= 4 is 11.8 Å². The van der Waals surface area contributed by atoms with Gasteiger partial charge in [0.1, 0.15) is 0 Å². The summed E-state index contributed by atoms with van der Waals surface area (Å²) in [4.78, 5) is 26.3. The van der Waals surface area contributed by atoms with Gasteiger partial charge in [-0.25, -0.2) is 0 Å². The number of nitrogens with one attached hydrogen (secondary N) is 2. The maximum Gasteiger partial charge on any atom is 0.237 e. The molecule has 1 aliphatic heterocycles. The number of likely N-dealkylation sites (tertiary alicyclic amines) is 1. The fourth-order valence-electron chi connectivity index (χ4n) is 2.78. The number of hydrogen-bond donors (Lipinski definition) is 2. The highest BCUT2D eigenvalue weighted by Gasteiger charge is 2.29. The Morgan fingerprint density at radius 1 is 1.25 bits per heavy atom. The molecule has 2 N–H and O–H groups in total. The zero-order valence-corrected chi connectivity index (χ0v) is 15.3. The molecule has 1 saturated heterocycles. The molecule has 1 atom stereocenters. The van der Waals surface area contributed by atoms with Crippen molar-refractivity contribution < 1.29 is 14.3 Å². The standard InChI is InChI=1S/C18H33N3O3/c1-5-9-19-17(22)15(4)21-11-7-16(8-12-21)18(23)20-10-6-13-24-14(2)3/h5,14-16H,1,6-13H2,2-4H3,(H,19,22)(H,20,23). The maximum atomic E-state index is 12.2. The van der Waals surface area contributed by atoms with Gasteiger partial charge in [-0.1, -0.05) is 6.08 Å². The lowest BCUT2D eigenvalue weighted by atomic mass is 9.95. The number of carbonyl (C=O) groups is 2. The van der Waals surface area contributed by atoms with E-state index in [1.165, 1.54) is 0 Å². The first-order valence-corrected chi connectivity index (χ1v) is 8.97. The van der Waals surface area contributed by atoms with Crippen LogP contribution < -0.4 is 10.6 Å². The average molecular weight is 339 g/mol. The van der Waals surface area contributed by atoms with Gasteiger partial charge < -0.3 is 15.4 Å². The van der Waals surface area contributed by atoms with Gasteiger partial charge in [0, 0.05) is 25.6 Å². The number of ether oxygens (including phenoxy) is 1. The lowest BCUT2D eigenvalue weighted by Gasteiger charge is -2.34. The van der Waals surface area contributed by atoms with E-state index in [1.807, 2.05) is 20.8 Å². The van der Waals surface area contributed by atoms with Crippen molar-refractivity contribution in [3.05, 3.63) is 12.7 Å². The molecule has 1 heterocycles. The Kier molecular flexibility index (Phi) is 9.64. The van der Waals surface area contributed by atoms with Crippen LogP contribution in [0.5, 0.6) is 0 Å². The number of piperidine rings is 1. The molecule has 6 heteroatoms. The summed E-state index contributed by atoms with van der Waals surface area (Å²) in [5, 5.41) is 5.81. The van der Waals surface area contributed by atoms with Gasteiger partial charge in [-0.15, -0.1) is 6.58 Å². The number of amides is 2. The summed E-state index contributed by atoms with van der Waals surface area (Å²) in [6.45, 7) is 12.9. The predicted octanol–water partition coefficient (Wildman–Crippen LogP) is 1.32. The molecular weight excluding hydrogens is 306 g/mol. The molecule has 1 aliphatic rings. The Labute approximate surface area is 146 Å². The molecule has 1 unspecified atom stereocenters. The summed E-state index contributed by atoms with van der Waals surface area (Å²) < 4.78 is 5.46. The molecule has 0 spiro atoms. The lowest BCUT2D eigenvalue weighted by Crippen LogP contribution is -2.49. The van der Waals surface area contributed by atoms with Crippen LogP contribution >= 0.6 is 0 Å². The van der Waals surface area contributed by atoms with Crippen LogP contribution in [0.25, 0.3) is 0 Å². The summed E-state index contributed by atoms with van der Waals surface area (Å²) in [6, 6.07) is -0.165. The second kappa shape index (κ2) is 11.2. The Hall–Kier alpha value is -1.40. The molecular formula is C18H33N3O3. The SMILES string of the molecule is C=CCNC(=O)C(C)N1CCC(C(=O)NCCCOC(C)C)CC1. The van der Waals surface area contributed by atoms with E-state index in [4.69, 9.17) is 4.74 Å². The van der Waals surface area contributed by atoms with E-state index >= 15 is 0 Å². The highest BCUT2D eigenvalue weighted by atomic mass is 16.5. The van der Waals surface area contributed by atoms with Crippen molar-refractivity contribution in [1.29, 1.82) is 0 Å². The number of hydrogen-bond acceptors (Lipinski definition) is 4. The van der Waals surface area contributed by atoms with E-state index in [9.17, 15) is 9.59 Å². The van der Waals surface area contributed by atoms with Crippen molar-refractivity contribution in [2.24, 2.45) is 5.92 Å². The molecule has 138 valence electrons. The van der Waals surface area contributed by atoms with Gasteiger partial charge in [0.15, 0.2) is 0 Å². The molecule has 0 radical (unpaired) electrons. The first-order valence-electron chi connectivity index (χ1n) is 8.97. The zero-order valence-electron chi connectivity index (χ0n) is 15.3. The highest BCUT2D eigenvalue weighted by molar-refractivity contribution is 5.81. The van der Waals surface area contributed by atoms with Gasteiger partial charge in [-0.3, -0.25) is 14.5 Å². The van der Waals surface area contributed by atoms with E-state index in [2.05, 4.69) is 22.1 Å². The van der Waals surface area contributed by atoms with Crippen molar-refractivity contribution in [2.75, 3.05) is 32.8 Å². The van der Waals surface area contributed by atoms with Crippen molar-refractivity contribution in [3.8, 4) is 0 Å². The van der Waals surface area contributed by atoms with E-state index < -0.39 is 0 Å². The Morgan fingerprint density at radius 2 is 1.92 bits per heavy atom. The molecule has 1 fully saturated rings. The van der Waals surface area contributed by atoms with Gasteiger partial charge in [-0.2, -0.15) is 0 Å². The topological polar surface area (TPSA) is 70.7 Å². The molecule has 2 amide bonds. The third-order valence-corrected chi connectivity index (χ3v) is 4.32. The third-order valence-electron chi connectivity index (χ3n) is 4.32. The zero-order chi connectivity index (χ0) is 17.9. The Balaban J connectivity index is 2.23. The first kappa shape index (κ1) is 20.6. The van der Waals surface area contributed by atoms with Gasteiger partial charge >= 0.3 is 0 Å². The minimum atomic E-state index is -0.165. The minimum absolute atomic E-state index is 0.0166. The predicted molar refractivity (Wildman–Crippen MR) is 95.7 cm³/mol. The smallest absolute Gasteiger partial charge is 0.237 e. The molecule has 0 aromatic carbocycles. The second-order valence-electron chi connectivity index (χ2n) is 6.58. The van der Waals surface area contributed by atoms with Crippen LogP contribution in [0.15, 0.2) is 12.7 Å². The van der Waals surface area contributed by atoms with E-state index in [1.54, 1.807) is 6.08 Å². The van der Waals surface area contributed by atoms with E-state index in [0.29, 0.717) is 19.7 Å². The normalized spacial score (nSPS) is 17.5. The molecule has 24 heavy (non-hydrogen) atoms. The summed E-state index contributed by atoms with van der Waals surface area (Å²) >= 11 is 0. The number of rotatable bonds is 10. The second-order valence-corrected chi connectivity index (χ2v) is 6.58. The molecule has 6 nitrogen and oxygen atoms in total. The van der Waals surface area contributed by atoms with Gasteiger partial charge in [0.05, 0.1) is 12.1 Å². The Morgan fingerprint density at radius 3 is 2.50 bits per heavy atom. The highest BCUT2D eigenvalue weighted by Crippen LogP contribution is 2.19. The molecule has 0 bridgehead atoms. The third kappa shape index (κ3) is 7.45. The fraction of sp³-hybridized carbons (Fsp3) is 0.778. The summed E-state index contributed by atoms with van der Waals surface area (Å²) in [5.74, 6) is 0.196. The lowest BCUT2D eigenvalue weighted by molar-refractivity contribution is -0.128. The van der Waals surface area contributed by atoms with Crippen molar-refractivity contribution in [1.82, 2.24) is 15.5 Å². The quantitative estimate of drug-likeness (QED) is 0.465.